The monoisotopic (exact) mass is 759 g/mol. The van der Waals surface area contributed by atoms with Gasteiger partial charge in [0.2, 0.25) is 0 Å². The first kappa shape index (κ1) is 33.3. The molecule has 11 aromatic rings. The van der Waals surface area contributed by atoms with E-state index in [1.165, 1.54) is 79.9 Å². The van der Waals surface area contributed by atoms with Crippen LogP contribution >= 0.6 is 11.3 Å². The number of thiophene rings is 1. The summed E-state index contributed by atoms with van der Waals surface area (Å²) in [7, 11) is 0. The molecule has 0 amide bonds. The number of nitrogens with zero attached hydrogens (tertiary/aromatic N) is 3. The van der Waals surface area contributed by atoms with Crippen molar-refractivity contribution < 1.29 is 0 Å². The van der Waals surface area contributed by atoms with Crippen molar-refractivity contribution in [3.63, 3.8) is 0 Å². The maximum atomic E-state index is 5.77. The van der Waals surface area contributed by atoms with Crippen LogP contribution in [0.4, 0.5) is 0 Å². The number of aromatic nitrogens is 1. The van der Waals surface area contributed by atoms with Crippen molar-refractivity contribution in [2.24, 2.45) is 15.9 Å². The van der Waals surface area contributed by atoms with Crippen LogP contribution in [0.25, 0.3) is 80.0 Å². The first-order chi connectivity index (χ1) is 28.7. The molecule has 58 heavy (non-hydrogen) atoms. The van der Waals surface area contributed by atoms with Gasteiger partial charge in [-0.15, -0.1) is 11.3 Å². The Hall–Kier alpha value is -6.88. The summed E-state index contributed by atoms with van der Waals surface area (Å²) >= 11 is 1.85. The lowest BCUT2D eigenvalue weighted by molar-refractivity contribution is 0.533. The fourth-order valence-electron chi connectivity index (χ4n) is 9.55. The molecule has 0 fully saturated rings. The number of aliphatic imine (C=N–C) groups is 2. The third-order valence-electron chi connectivity index (χ3n) is 12.3. The van der Waals surface area contributed by atoms with Gasteiger partial charge in [-0.3, -0.25) is 4.99 Å². The van der Waals surface area contributed by atoms with Crippen LogP contribution in [0.2, 0.25) is 0 Å². The molecule has 0 radical (unpaired) electrons. The number of para-hydroxylation sites is 1. The first-order valence-electron chi connectivity index (χ1n) is 20.2. The zero-order valence-corrected chi connectivity index (χ0v) is 32.7. The van der Waals surface area contributed by atoms with E-state index in [1.54, 1.807) is 0 Å². The number of hydrogen-bond donors (Lipinski definition) is 0. The number of rotatable bonds is 5. The third kappa shape index (κ3) is 5.18. The Balaban J connectivity index is 1.16. The van der Waals surface area contributed by atoms with E-state index in [4.69, 9.17) is 9.98 Å². The quantitative estimate of drug-likeness (QED) is 0.167. The van der Waals surface area contributed by atoms with Gasteiger partial charge >= 0.3 is 0 Å². The molecule has 0 saturated heterocycles. The van der Waals surface area contributed by atoms with Gasteiger partial charge in [-0.05, 0) is 98.4 Å². The molecule has 3 heterocycles. The highest BCUT2D eigenvalue weighted by molar-refractivity contribution is 7.25. The molecule has 2 unspecified atom stereocenters. The van der Waals surface area contributed by atoms with Crippen molar-refractivity contribution in [1.82, 2.24) is 4.57 Å². The molecule has 4 heteroatoms. The molecule has 0 bridgehead atoms. The summed E-state index contributed by atoms with van der Waals surface area (Å²) in [6.45, 7) is 2.28. The minimum absolute atomic E-state index is 0.0922. The minimum atomic E-state index is -0.119. The van der Waals surface area contributed by atoms with Crippen LogP contribution in [0.5, 0.6) is 0 Å². The lowest BCUT2D eigenvalue weighted by Crippen LogP contribution is -2.28. The van der Waals surface area contributed by atoms with Crippen molar-refractivity contribution >= 4 is 97.2 Å². The molecule has 1 aliphatic rings. The van der Waals surface area contributed by atoms with E-state index < -0.39 is 0 Å². The van der Waals surface area contributed by atoms with Gasteiger partial charge in [0, 0.05) is 48.1 Å². The maximum Gasteiger partial charge on any atom is 0.156 e. The summed E-state index contributed by atoms with van der Waals surface area (Å²) in [5.41, 5.74) is 8.02. The SMILES string of the molecule is CCC1C(c2ccc3ccccc3c2)=NC(c2cc(-n3c4ccccc4c4cc5ccccc5cc43)cc3sc4ccccc4c23)=NC1c1ccc2ccccc2c1. The van der Waals surface area contributed by atoms with Gasteiger partial charge in [0.15, 0.2) is 5.84 Å². The Kier molecular flexibility index (Phi) is 7.51. The first-order valence-corrected chi connectivity index (χ1v) is 21.0. The van der Waals surface area contributed by atoms with E-state index in [1.807, 2.05) is 11.3 Å². The highest BCUT2D eigenvalue weighted by atomic mass is 32.1. The summed E-state index contributed by atoms with van der Waals surface area (Å²) in [6.07, 6.45) is 0.909. The summed E-state index contributed by atoms with van der Waals surface area (Å²) in [5, 5.41) is 12.3. The molecule has 12 rings (SSSR count). The number of amidine groups is 1. The predicted octanol–water partition coefficient (Wildman–Crippen LogP) is 14.6. The lowest BCUT2D eigenvalue weighted by Gasteiger charge is -2.30. The average Bonchev–Trinajstić information content (AvgIpc) is 3.82. The Morgan fingerprint density at radius 3 is 1.93 bits per heavy atom. The minimum Gasteiger partial charge on any atom is -0.309 e. The standard InChI is InChI=1S/C54H37N3S/c1-2-42-52(39-25-23-33-13-3-5-15-35(33)27-39)55-54(56-53(42)40-26-24-34-14-4-6-16-36(34)28-40)46-31-41(32-50-51(46)44-20-10-12-22-49(44)58-50)57-47-21-11-9-19-43(47)45-29-37-17-7-8-18-38(37)30-48(45)57/h3-32,42,52H,2H2,1H3. The number of hydrogen-bond acceptors (Lipinski definition) is 3. The summed E-state index contributed by atoms with van der Waals surface area (Å²) in [4.78, 5) is 11.5. The van der Waals surface area contributed by atoms with E-state index >= 15 is 0 Å². The zero-order valence-electron chi connectivity index (χ0n) is 31.9. The van der Waals surface area contributed by atoms with Crippen LogP contribution in [-0.2, 0) is 0 Å². The van der Waals surface area contributed by atoms with Crippen LogP contribution in [0.1, 0.15) is 36.1 Å². The summed E-state index contributed by atoms with van der Waals surface area (Å²) in [6, 6.07) is 66.6. The molecule has 0 aliphatic carbocycles. The smallest absolute Gasteiger partial charge is 0.156 e. The Labute approximate surface area is 339 Å². The van der Waals surface area contributed by atoms with E-state index in [0.29, 0.717) is 0 Å². The van der Waals surface area contributed by atoms with E-state index in [9.17, 15) is 0 Å². The highest BCUT2D eigenvalue weighted by Crippen LogP contribution is 2.43. The van der Waals surface area contributed by atoms with Crippen molar-refractivity contribution in [3.8, 4) is 5.69 Å². The molecule has 3 nitrogen and oxygen atoms in total. The predicted molar refractivity (Wildman–Crippen MR) is 249 cm³/mol. The van der Waals surface area contributed by atoms with Gasteiger partial charge in [0.1, 0.15) is 0 Å². The van der Waals surface area contributed by atoms with Gasteiger partial charge in [-0.2, -0.15) is 0 Å². The molecule has 9 aromatic carbocycles. The van der Waals surface area contributed by atoms with Crippen LogP contribution in [0, 0.1) is 5.92 Å². The maximum absolute atomic E-state index is 5.77. The Morgan fingerprint density at radius 1 is 0.517 bits per heavy atom. The molecule has 0 saturated carbocycles. The molecular formula is C54H37N3S. The molecule has 0 N–H and O–H groups in total. The number of benzene rings is 9. The second-order valence-electron chi connectivity index (χ2n) is 15.6. The zero-order chi connectivity index (χ0) is 38.3. The molecule has 2 aromatic heterocycles. The van der Waals surface area contributed by atoms with Crippen LogP contribution < -0.4 is 0 Å². The van der Waals surface area contributed by atoms with Gasteiger partial charge in [0.05, 0.1) is 22.8 Å². The van der Waals surface area contributed by atoms with Gasteiger partial charge in [-0.25, -0.2) is 4.99 Å². The molecule has 274 valence electrons. The van der Waals surface area contributed by atoms with Gasteiger partial charge in [-0.1, -0.05) is 140 Å². The van der Waals surface area contributed by atoms with E-state index in [2.05, 4.69) is 193 Å². The van der Waals surface area contributed by atoms with Crippen molar-refractivity contribution in [2.75, 3.05) is 0 Å². The average molecular weight is 760 g/mol. The summed E-state index contributed by atoms with van der Waals surface area (Å²) < 4.78 is 4.94. The largest absolute Gasteiger partial charge is 0.309 e. The van der Waals surface area contributed by atoms with Crippen molar-refractivity contribution in [2.45, 2.75) is 19.4 Å². The normalized spacial score (nSPS) is 15.9. The van der Waals surface area contributed by atoms with E-state index in [-0.39, 0.29) is 12.0 Å². The van der Waals surface area contributed by atoms with Crippen LogP contribution in [0.3, 0.4) is 0 Å². The topological polar surface area (TPSA) is 29.6 Å². The molecule has 0 spiro atoms. The van der Waals surface area contributed by atoms with Crippen molar-refractivity contribution in [1.29, 1.82) is 0 Å². The Bertz CT molecular complexity index is 3530. The van der Waals surface area contributed by atoms with Gasteiger partial charge in [0.25, 0.3) is 0 Å². The second kappa shape index (κ2) is 13.1. The summed E-state index contributed by atoms with van der Waals surface area (Å²) in [5.74, 6) is 0.877. The number of fused-ring (bicyclic) bond motifs is 9. The molecule has 1 aliphatic heterocycles. The van der Waals surface area contributed by atoms with Crippen LogP contribution in [-0.4, -0.2) is 16.1 Å². The van der Waals surface area contributed by atoms with Gasteiger partial charge < -0.3 is 4.57 Å². The van der Waals surface area contributed by atoms with Crippen LogP contribution in [0.15, 0.2) is 192 Å². The lowest BCUT2D eigenvalue weighted by atomic mass is 9.82. The fourth-order valence-corrected chi connectivity index (χ4v) is 10.7. The van der Waals surface area contributed by atoms with Crippen molar-refractivity contribution in [3.05, 3.63) is 199 Å². The van der Waals surface area contributed by atoms with E-state index in [0.717, 1.165) is 34.8 Å². The third-order valence-corrected chi connectivity index (χ3v) is 13.4. The fraction of sp³-hybridized carbons (Fsp3) is 0.0741. The Morgan fingerprint density at radius 2 is 1.16 bits per heavy atom. The highest BCUT2D eigenvalue weighted by Gasteiger charge is 2.33. The molecular weight excluding hydrogens is 723 g/mol. The molecule has 2 atom stereocenters. The second-order valence-corrected chi connectivity index (χ2v) is 16.7.